The van der Waals surface area contributed by atoms with E-state index in [1.165, 1.54) is 0 Å². The predicted molar refractivity (Wildman–Crippen MR) is 122 cm³/mol. The second kappa shape index (κ2) is 13.2. The fraction of sp³-hybridized carbons (Fsp3) is 0.250. The molecule has 1 aliphatic rings. The Bertz CT molecular complexity index is 979. The normalized spacial score (nSPS) is 23.8. The van der Waals surface area contributed by atoms with Gasteiger partial charge < -0.3 is 58.8 Å². The van der Waals surface area contributed by atoms with Gasteiger partial charge in [0, 0.05) is 5.56 Å². The SMILES string of the molecule is [CH2-]c1nnc(-c2ccc(-c3cccc([C@H]4O[C@H](CO)[C@@H](O)[C@H](O)[C@@H]4O)c3)cc2)o1.[CH3-].[CH3-].[CH3-].[Na+]. The van der Waals surface area contributed by atoms with Crippen molar-refractivity contribution in [3.05, 3.63) is 89.2 Å². The van der Waals surface area contributed by atoms with E-state index in [9.17, 15) is 20.4 Å². The maximum absolute atomic E-state index is 10.4. The van der Waals surface area contributed by atoms with Crippen LogP contribution in [0.1, 0.15) is 17.6 Å². The number of nitrogens with zero attached hydrogens (tertiary/aromatic N) is 2. The van der Waals surface area contributed by atoms with Crippen molar-refractivity contribution in [3.63, 3.8) is 0 Å². The predicted octanol–water partition coefficient (Wildman–Crippen LogP) is -0.544. The summed E-state index contributed by atoms with van der Waals surface area (Å²) < 4.78 is 11.0. The van der Waals surface area contributed by atoms with E-state index in [4.69, 9.17) is 9.15 Å². The summed E-state index contributed by atoms with van der Waals surface area (Å²) in [5, 5.41) is 47.4. The standard InChI is InChI=1S/C21H21N2O6.3CH3.Na/c1-11-22-23-21(28-11)13-7-5-12(6-8-13)14-3-2-4-15(9-14)20-19(27)18(26)17(25)16(10-24)29-20;;;;/h2-9,16-20,24-27H,1,10H2;3*1H3;/q4*-1;+1/t16-,17-,18+,19+,20-;;;;/m1..../s1. The van der Waals surface area contributed by atoms with Crippen molar-refractivity contribution in [3.8, 4) is 22.6 Å². The van der Waals surface area contributed by atoms with Crippen molar-refractivity contribution in [2.75, 3.05) is 6.61 Å². The zero-order valence-corrected chi connectivity index (χ0v) is 21.4. The number of ether oxygens (including phenoxy) is 1. The molecule has 8 nitrogen and oxygen atoms in total. The monoisotopic (exact) mass is 465 g/mol. The van der Waals surface area contributed by atoms with Crippen LogP contribution in [0.4, 0.5) is 0 Å². The molecule has 5 atom stereocenters. The van der Waals surface area contributed by atoms with E-state index < -0.39 is 37.1 Å². The van der Waals surface area contributed by atoms with Crippen molar-refractivity contribution in [1.29, 1.82) is 0 Å². The summed E-state index contributed by atoms with van der Waals surface area (Å²) in [5.41, 5.74) is 3.17. The molecule has 176 valence electrons. The average molecular weight is 466 g/mol. The molecule has 1 aromatic heterocycles. The molecule has 4 rings (SSSR count). The van der Waals surface area contributed by atoms with Gasteiger partial charge in [-0.1, -0.05) is 30.3 Å². The second-order valence-corrected chi connectivity index (χ2v) is 6.95. The molecule has 0 radical (unpaired) electrons. The Labute approximate surface area is 217 Å². The van der Waals surface area contributed by atoms with E-state index in [1.807, 2.05) is 42.5 Å². The van der Waals surface area contributed by atoms with Gasteiger partial charge in [0.1, 0.15) is 30.5 Å². The van der Waals surface area contributed by atoms with Gasteiger partial charge in [0.2, 0.25) is 5.89 Å². The third kappa shape index (κ3) is 6.44. The first-order chi connectivity index (χ1) is 14.0. The Morgan fingerprint density at radius 3 is 2.03 bits per heavy atom. The Balaban J connectivity index is 0.00000256. The zero-order chi connectivity index (χ0) is 20.5. The number of benzene rings is 2. The van der Waals surface area contributed by atoms with Crippen molar-refractivity contribution in [1.82, 2.24) is 10.2 Å². The Morgan fingerprint density at radius 1 is 0.818 bits per heavy atom. The Hall–Kier alpha value is -1.75. The van der Waals surface area contributed by atoms with E-state index in [1.54, 1.807) is 6.07 Å². The molecule has 1 saturated heterocycles. The molecule has 0 aliphatic carbocycles. The zero-order valence-electron chi connectivity index (χ0n) is 19.4. The molecule has 9 heteroatoms. The molecule has 0 bridgehead atoms. The van der Waals surface area contributed by atoms with Gasteiger partial charge in [0.05, 0.1) is 12.5 Å². The third-order valence-corrected chi connectivity index (χ3v) is 5.04. The topological polar surface area (TPSA) is 129 Å². The molecule has 2 aromatic carbocycles. The summed E-state index contributed by atoms with van der Waals surface area (Å²) >= 11 is 0. The van der Waals surface area contributed by atoms with Crippen LogP contribution in [-0.2, 0) is 4.74 Å². The summed E-state index contributed by atoms with van der Waals surface area (Å²) in [6.07, 6.45) is -5.95. The van der Waals surface area contributed by atoms with Gasteiger partial charge in [-0.15, -0.1) is 10.2 Å². The number of hydrogen-bond donors (Lipinski definition) is 4. The smallest absolute Gasteiger partial charge is 0.453 e. The summed E-state index contributed by atoms with van der Waals surface area (Å²) in [6.45, 7) is 3.13. The molecular formula is C24H30N2NaO6-3. The number of rotatable bonds is 4. The van der Waals surface area contributed by atoms with Crippen LogP contribution >= 0.6 is 0 Å². The molecule has 0 amide bonds. The Kier molecular flexibility index (Phi) is 12.5. The minimum absolute atomic E-state index is 0. The fourth-order valence-corrected chi connectivity index (χ4v) is 3.45. The van der Waals surface area contributed by atoms with Crippen molar-refractivity contribution in [2.24, 2.45) is 0 Å². The molecule has 2 heterocycles. The fourth-order valence-electron chi connectivity index (χ4n) is 3.45. The number of aliphatic hydroxyl groups is 4. The summed E-state index contributed by atoms with van der Waals surface area (Å²) in [6, 6.07) is 14.8. The van der Waals surface area contributed by atoms with Crippen LogP contribution in [0.2, 0.25) is 0 Å². The van der Waals surface area contributed by atoms with E-state index in [0.717, 1.165) is 16.7 Å². The van der Waals surface area contributed by atoms with Gasteiger partial charge in [-0.25, -0.2) is 0 Å². The molecule has 0 saturated carbocycles. The molecular weight excluding hydrogens is 435 g/mol. The minimum Gasteiger partial charge on any atom is -0.453 e. The number of hydrogen-bond acceptors (Lipinski definition) is 8. The van der Waals surface area contributed by atoms with Gasteiger partial charge in [0.15, 0.2) is 0 Å². The Morgan fingerprint density at radius 2 is 1.45 bits per heavy atom. The first-order valence-corrected chi connectivity index (χ1v) is 9.14. The summed E-state index contributed by atoms with van der Waals surface area (Å²) in [7, 11) is 0. The maximum atomic E-state index is 10.4. The molecule has 3 aromatic rings. The number of aliphatic hydroxyl groups excluding tert-OH is 4. The molecule has 4 N–H and O–H groups in total. The van der Waals surface area contributed by atoms with Crippen LogP contribution in [0.15, 0.2) is 52.9 Å². The van der Waals surface area contributed by atoms with Gasteiger partial charge in [-0.3, -0.25) is 0 Å². The van der Waals surface area contributed by atoms with E-state index >= 15 is 0 Å². The summed E-state index contributed by atoms with van der Waals surface area (Å²) in [4.78, 5) is 0. The number of aromatic nitrogens is 2. The van der Waals surface area contributed by atoms with E-state index in [2.05, 4.69) is 17.1 Å². The first-order valence-electron chi connectivity index (χ1n) is 9.14. The molecule has 33 heavy (non-hydrogen) atoms. The van der Waals surface area contributed by atoms with Crippen LogP contribution in [0, 0.1) is 29.2 Å². The first kappa shape index (κ1) is 31.2. The van der Waals surface area contributed by atoms with Crippen LogP contribution in [-0.4, -0.2) is 61.6 Å². The second-order valence-electron chi connectivity index (χ2n) is 6.95. The maximum Gasteiger partial charge on any atom is 1.00 e. The largest absolute Gasteiger partial charge is 1.00 e. The van der Waals surface area contributed by atoms with E-state index in [0.29, 0.717) is 11.5 Å². The molecule has 1 aliphatic heterocycles. The minimum atomic E-state index is -1.42. The van der Waals surface area contributed by atoms with E-state index in [-0.39, 0.29) is 57.7 Å². The van der Waals surface area contributed by atoms with Crippen molar-refractivity contribution < 1.29 is 59.1 Å². The van der Waals surface area contributed by atoms with Crippen LogP contribution in [0.3, 0.4) is 0 Å². The van der Waals surface area contributed by atoms with Crippen molar-refractivity contribution in [2.45, 2.75) is 30.5 Å². The molecule has 1 fully saturated rings. The van der Waals surface area contributed by atoms with Gasteiger partial charge in [-0.05, 0) is 34.9 Å². The molecule has 0 unspecified atom stereocenters. The average Bonchev–Trinajstić information content (AvgIpc) is 3.19. The van der Waals surface area contributed by atoms with Crippen LogP contribution in [0.5, 0.6) is 0 Å². The third-order valence-electron chi connectivity index (χ3n) is 5.04. The molecule has 0 spiro atoms. The van der Waals surface area contributed by atoms with Gasteiger partial charge in [0.25, 0.3) is 0 Å². The van der Waals surface area contributed by atoms with Gasteiger partial charge >= 0.3 is 29.6 Å². The van der Waals surface area contributed by atoms with Crippen LogP contribution in [0.25, 0.3) is 22.6 Å². The van der Waals surface area contributed by atoms with Crippen LogP contribution < -0.4 is 29.6 Å². The van der Waals surface area contributed by atoms with Crippen molar-refractivity contribution >= 4 is 0 Å². The quantitative estimate of drug-likeness (QED) is 0.299. The summed E-state index contributed by atoms with van der Waals surface area (Å²) in [5.74, 6) is 0.632. The van der Waals surface area contributed by atoms with Gasteiger partial charge in [-0.2, -0.15) is 0 Å².